The van der Waals surface area contributed by atoms with Gasteiger partial charge in [-0.3, -0.25) is 0 Å². The number of ether oxygens (including phenoxy) is 2. The number of rotatable bonds is 0. The van der Waals surface area contributed by atoms with Crippen LogP contribution in [0.1, 0.15) is 5.56 Å². The zero-order valence-corrected chi connectivity index (χ0v) is 6.57. The minimum Gasteiger partial charge on any atom is -0.504 e. The van der Waals surface area contributed by atoms with Crippen molar-refractivity contribution in [2.75, 3.05) is 0 Å². The monoisotopic (exact) mass is 164 g/mol. The van der Waals surface area contributed by atoms with Crippen LogP contribution in [0.5, 0.6) is 17.2 Å². The molecule has 12 heavy (non-hydrogen) atoms. The smallest absolute Gasteiger partial charge is 0.210 e. The molecule has 0 amide bonds. The second-order valence-corrected chi connectivity index (χ2v) is 2.62. The maximum atomic E-state index is 9.40. The van der Waals surface area contributed by atoms with Crippen LogP contribution in [0, 0.1) is 6.92 Å². The van der Waals surface area contributed by atoms with Crippen molar-refractivity contribution in [1.82, 2.24) is 0 Å². The van der Waals surface area contributed by atoms with Gasteiger partial charge in [0.2, 0.25) is 5.75 Å². The van der Waals surface area contributed by atoms with E-state index in [1.54, 1.807) is 12.1 Å². The molecule has 0 aliphatic carbocycles. The Hall–Kier alpha value is -1.64. The highest BCUT2D eigenvalue weighted by Gasteiger charge is 2.13. The van der Waals surface area contributed by atoms with Crippen molar-refractivity contribution >= 4 is 0 Å². The maximum absolute atomic E-state index is 9.40. The summed E-state index contributed by atoms with van der Waals surface area (Å²) in [6, 6.07) is 3.43. The molecule has 0 fully saturated rings. The third kappa shape index (κ3) is 0.993. The molecule has 0 atom stereocenters. The van der Waals surface area contributed by atoms with Gasteiger partial charge >= 0.3 is 0 Å². The van der Waals surface area contributed by atoms with Crippen LogP contribution < -0.4 is 9.47 Å². The van der Waals surface area contributed by atoms with E-state index in [9.17, 15) is 5.11 Å². The topological polar surface area (TPSA) is 38.7 Å². The second-order valence-electron chi connectivity index (χ2n) is 2.62. The average Bonchev–Trinajstić information content (AvgIpc) is 2.04. The Morgan fingerprint density at radius 2 is 1.92 bits per heavy atom. The molecular formula is C9H8O3. The molecule has 0 unspecified atom stereocenters. The summed E-state index contributed by atoms with van der Waals surface area (Å²) in [7, 11) is 0. The van der Waals surface area contributed by atoms with Crippen LogP contribution in [0.15, 0.2) is 24.7 Å². The minimum atomic E-state index is 0.106. The molecule has 1 aliphatic heterocycles. The minimum absolute atomic E-state index is 0.106. The van der Waals surface area contributed by atoms with Gasteiger partial charge in [0, 0.05) is 0 Å². The fourth-order valence-corrected chi connectivity index (χ4v) is 1.12. The van der Waals surface area contributed by atoms with Gasteiger partial charge in [-0.05, 0) is 24.6 Å². The fourth-order valence-electron chi connectivity index (χ4n) is 1.12. The Labute approximate surface area is 69.9 Å². The molecule has 1 heterocycles. The van der Waals surface area contributed by atoms with E-state index < -0.39 is 0 Å². The molecule has 62 valence electrons. The van der Waals surface area contributed by atoms with Crippen molar-refractivity contribution in [3.05, 3.63) is 30.2 Å². The van der Waals surface area contributed by atoms with E-state index in [4.69, 9.17) is 9.47 Å². The van der Waals surface area contributed by atoms with Gasteiger partial charge in [0.15, 0.2) is 11.5 Å². The first-order valence-corrected chi connectivity index (χ1v) is 3.59. The molecular weight excluding hydrogens is 156 g/mol. The highest BCUT2D eigenvalue weighted by molar-refractivity contribution is 5.54. The SMILES string of the molecule is Cc1cc(O)c2c(c1)OC=CO2. The molecule has 1 aromatic rings. The van der Waals surface area contributed by atoms with E-state index in [0.717, 1.165) is 5.56 Å². The van der Waals surface area contributed by atoms with E-state index in [2.05, 4.69) is 0 Å². The van der Waals surface area contributed by atoms with Crippen molar-refractivity contribution in [3.8, 4) is 17.2 Å². The van der Waals surface area contributed by atoms with E-state index in [-0.39, 0.29) is 5.75 Å². The third-order valence-electron chi connectivity index (χ3n) is 1.62. The number of aromatic hydroxyl groups is 1. The van der Waals surface area contributed by atoms with Gasteiger partial charge in [-0.1, -0.05) is 0 Å². The maximum Gasteiger partial charge on any atom is 0.210 e. The number of aryl methyl sites for hydroxylation is 1. The molecule has 0 radical (unpaired) electrons. The summed E-state index contributed by atoms with van der Waals surface area (Å²) in [5.74, 6) is 1.03. The molecule has 1 N–H and O–H groups in total. The molecule has 2 rings (SSSR count). The largest absolute Gasteiger partial charge is 0.504 e. The summed E-state index contributed by atoms with van der Waals surface area (Å²) in [5.41, 5.74) is 0.935. The highest BCUT2D eigenvalue weighted by atomic mass is 16.5. The fraction of sp³-hybridized carbons (Fsp3) is 0.111. The molecule has 0 bridgehead atoms. The first-order chi connectivity index (χ1) is 5.77. The number of benzene rings is 1. The second kappa shape index (κ2) is 2.44. The molecule has 3 heteroatoms. The van der Waals surface area contributed by atoms with Crippen molar-refractivity contribution < 1.29 is 14.6 Å². The van der Waals surface area contributed by atoms with Gasteiger partial charge < -0.3 is 14.6 Å². The zero-order valence-electron chi connectivity index (χ0n) is 6.57. The van der Waals surface area contributed by atoms with Crippen LogP contribution in [0.4, 0.5) is 0 Å². The van der Waals surface area contributed by atoms with E-state index in [0.29, 0.717) is 11.5 Å². The Balaban J connectivity index is 2.57. The lowest BCUT2D eigenvalue weighted by Gasteiger charge is -2.13. The summed E-state index contributed by atoms with van der Waals surface area (Å²) >= 11 is 0. The van der Waals surface area contributed by atoms with Crippen molar-refractivity contribution in [1.29, 1.82) is 0 Å². The van der Waals surface area contributed by atoms with Gasteiger partial charge in [-0.25, -0.2) is 0 Å². The summed E-state index contributed by atoms with van der Waals surface area (Å²) in [6.45, 7) is 1.88. The average molecular weight is 164 g/mol. The van der Waals surface area contributed by atoms with Crippen LogP contribution in [0.25, 0.3) is 0 Å². The van der Waals surface area contributed by atoms with Crippen LogP contribution >= 0.6 is 0 Å². The van der Waals surface area contributed by atoms with Crippen molar-refractivity contribution in [2.24, 2.45) is 0 Å². The lowest BCUT2D eigenvalue weighted by atomic mass is 10.2. The number of fused-ring (bicyclic) bond motifs is 1. The van der Waals surface area contributed by atoms with Crippen LogP contribution in [-0.2, 0) is 0 Å². The Kier molecular flexibility index (Phi) is 1.43. The first kappa shape index (κ1) is 7.03. The van der Waals surface area contributed by atoms with Crippen molar-refractivity contribution in [2.45, 2.75) is 6.92 Å². The van der Waals surface area contributed by atoms with Gasteiger partial charge in [0.1, 0.15) is 12.5 Å². The predicted molar refractivity (Wildman–Crippen MR) is 43.2 cm³/mol. The molecule has 0 spiro atoms. The first-order valence-electron chi connectivity index (χ1n) is 3.59. The van der Waals surface area contributed by atoms with E-state index in [1.165, 1.54) is 12.5 Å². The molecule has 3 nitrogen and oxygen atoms in total. The molecule has 0 saturated heterocycles. The molecule has 1 aromatic carbocycles. The standard InChI is InChI=1S/C9H8O3/c1-6-4-7(10)9-8(5-6)11-2-3-12-9/h2-5,10H,1H3. The van der Waals surface area contributed by atoms with Gasteiger partial charge in [-0.2, -0.15) is 0 Å². The van der Waals surface area contributed by atoms with Gasteiger partial charge in [0.25, 0.3) is 0 Å². The Morgan fingerprint density at radius 1 is 1.17 bits per heavy atom. The number of hydrogen-bond acceptors (Lipinski definition) is 3. The number of phenols is 1. The summed E-state index contributed by atoms with van der Waals surface area (Å²) in [6.07, 6.45) is 2.82. The van der Waals surface area contributed by atoms with Crippen LogP contribution in [0.2, 0.25) is 0 Å². The van der Waals surface area contributed by atoms with E-state index in [1.807, 2.05) is 6.92 Å². The normalized spacial score (nSPS) is 13.1. The number of phenolic OH excluding ortho intramolecular Hbond substituents is 1. The van der Waals surface area contributed by atoms with Gasteiger partial charge in [0.05, 0.1) is 0 Å². The van der Waals surface area contributed by atoms with Gasteiger partial charge in [-0.15, -0.1) is 0 Å². The molecule has 0 saturated carbocycles. The van der Waals surface area contributed by atoms with Crippen LogP contribution in [0.3, 0.4) is 0 Å². The van der Waals surface area contributed by atoms with Crippen molar-refractivity contribution in [3.63, 3.8) is 0 Å². The number of hydrogen-bond donors (Lipinski definition) is 1. The lowest BCUT2D eigenvalue weighted by molar-refractivity contribution is 0.338. The summed E-state index contributed by atoms with van der Waals surface area (Å²) in [4.78, 5) is 0. The Bertz CT molecular complexity index is 342. The third-order valence-corrected chi connectivity index (χ3v) is 1.62. The quantitative estimate of drug-likeness (QED) is 0.636. The highest BCUT2D eigenvalue weighted by Crippen LogP contribution is 2.39. The summed E-state index contributed by atoms with van der Waals surface area (Å²) < 4.78 is 10.2. The Morgan fingerprint density at radius 3 is 2.75 bits per heavy atom. The van der Waals surface area contributed by atoms with E-state index >= 15 is 0 Å². The molecule has 1 aliphatic rings. The predicted octanol–water partition coefficient (Wildman–Crippen LogP) is 1.94. The summed E-state index contributed by atoms with van der Waals surface area (Å²) in [5, 5.41) is 9.40. The van der Waals surface area contributed by atoms with Crippen LogP contribution in [-0.4, -0.2) is 5.11 Å². The zero-order chi connectivity index (χ0) is 8.55. The molecule has 0 aromatic heterocycles. The lowest BCUT2D eigenvalue weighted by Crippen LogP contribution is -1.96.